The van der Waals surface area contributed by atoms with Crippen molar-refractivity contribution in [3.8, 4) is 0 Å². The average molecular weight is 377 g/mol. The molecule has 0 aliphatic rings. The highest BCUT2D eigenvalue weighted by Crippen LogP contribution is 2.29. The van der Waals surface area contributed by atoms with Crippen molar-refractivity contribution in [1.29, 1.82) is 0 Å². The first kappa shape index (κ1) is 18.5. The Kier molecular flexibility index (Phi) is 5.40. The van der Waals surface area contributed by atoms with Gasteiger partial charge in [-0.25, -0.2) is 4.98 Å². The largest absolute Gasteiger partial charge is 0.433 e. The molecule has 0 aliphatic carbocycles. The second kappa shape index (κ2) is 6.99. The number of amides is 1. The second-order valence-corrected chi connectivity index (χ2v) is 6.03. The van der Waals surface area contributed by atoms with Crippen LogP contribution in [0.15, 0.2) is 30.3 Å². The van der Waals surface area contributed by atoms with Crippen LogP contribution in [0.4, 0.5) is 13.2 Å². The van der Waals surface area contributed by atoms with Gasteiger partial charge in [0, 0.05) is 10.0 Å². The van der Waals surface area contributed by atoms with E-state index in [9.17, 15) is 18.0 Å². The Labute approximate surface area is 146 Å². The Morgan fingerprint density at radius 3 is 2.42 bits per heavy atom. The molecule has 0 radical (unpaired) electrons. The summed E-state index contributed by atoms with van der Waals surface area (Å²) in [7, 11) is 0. The average Bonchev–Trinajstić information content (AvgIpc) is 2.45. The second-order valence-electron chi connectivity index (χ2n) is 5.19. The third-order valence-electron chi connectivity index (χ3n) is 3.40. The van der Waals surface area contributed by atoms with E-state index in [4.69, 9.17) is 23.2 Å². The van der Waals surface area contributed by atoms with Crippen LogP contribution in [-0.4, -0.2) is 10.9 Å². The van der Waals surface area contributed by atoms with E-state index in [1.165, 1.54) is 6.92 Å². The molecule has 0 spiro atoms. The number of nitrogens with zero attached hydrogens (tertiary/aromatic N) is 1. The highest BCUT2D eigenvalue weighted by molar-refractivity contribution is 6.35. The van der Waals surface area contributed by atoms with Crippen LogP contribution in [0.25, 0.3) is 0 Å². The van der Waals surface area contributed by atoms with Crippen LogP contribution in [-0.2, 0) is 6.18 Å². The van der Waals surface area contributed by atoms with Crippen molar-refractivity contribution >= 4 is 29.1 Å². The molecule has 0 fully saturated rings. The molecule has 1 unspecified atom stereocenters. The molecule has 2 rings (SSSR count). The molecule has 1 aromatic heterocycles. The zero-order valence-corrected chi connectivity index (χ0v) is 14.2. The lowest BCUT2D eigenvalue weighted by molar-refractivity contribution is -0.141. The molecule has 1 atom stereocenters. The van der Waals surface area contributed by atoms with Gasteiger partial charge in [0.2, 0.25) is 0 Å². The van der Waals surface area contributed by atoms with Gasteiger partial charge in [0.05, 0.1) is 17.3 Å². The lowest BCUT2D eigenvalue weighted by atomic mass is 10.1. The van der Waals surface area contributed by atoms with Gasteiger partial charge < -0.3 is 5.32 Å². The van der Waals surface area contributed by atoms with Crippen molar-refractivity contribution in [2.75, 3.05) is 0 Å². The van der Waals surface area contributed by atoms with Gasteiger partial charge in [-0.05, 0) is 43.7 Å². The Bertz CT molecular complexity index is 778. The van der Waals surface area contributed by atoms with Crippen LogP contribution < -0.4 is 5.32 Å². The number of aryl methyl sites for hydroxylation is 1. The summed E-state index contributed by atoms with van der Waals surface area (Å²) in [6, 6.07) is 6.29. The van der Waals surface area contributed by atoms with Gasteiger partial charge in [-0.15, -0.1) is 0 Å². The van der Waals surface area contributed by atoms with Crippen molar-refractivity contribution in [1.82, 2.24) is 10.3 Å². The number of rotatable bonds is 3. The molecule has 1 aromatic carbocycles. The number of alkyl halides is 3. The number of halogens is 5. The van der Waals surface area contributed by atoms with Crippen LogP contribution in [0, 0.1) is 6.92 Å². The SMILES string of the molecule is Cc1nc(C(F)(F)F)ccc1C(=O)NC(C)c1ccc(Cl)cc1Cl. The van der Waals surface area contributed by atoms with Gasteiger partial charge in [-0.2, -0.15) is 13.2 Å². The number of hydrogen-bond acceptors (Lipinski definition) is 2. The fraction of sp³-hybridized carbons (Fsp3) is 0.250. The van der Waals surface area contributed by atoms with Crippen molar-refractivity contribution in [2.24, 2.45) is 0 Å². The molecule has 24 heavy (non-hydrogen) atoms. The van der Waals surface area contributed by atoms with E-state index in [1.807, 2.05) is 0 Å². The molecule has 1 amide bonds. The van der Waals surface area contributed by atoms with E-state index in [1.54, 1.807) is 25.1 Å². The summed E-state index contributed by atoms with van der Waals surface area (Å²) < 4.78 is 37.9. The van der Waals surface area contributed by atoms with Gasteiger partial charge in [-0.1, -0.05) is 29.3 Å². The first-order chi connectivity index (χ1) is 11.1. The highest BCUT2D eigenvalue weighted by atomic mass is 35.5. The maximum Gasteiger partial charge on any atom is 0.433 e. The Morgan fingerprint density at radius 1 is 1.21 bits per heavy atom. The third kappa shape index (κ3) is 4.19. The summed E-state index contributed by atoms with van der Waals surface area (Å²) in [5.41, 5.74) is -0.325. The number of benzene rings is 1. The van der Waals surface area contributed by atoms with Gasteiger partial charge in [0.25, 0.3) is 5.91 Å². The van der Waals surface area contributed by atoms with Gasteiger partial charge in [0.15, 0.2) is 0 Å². The van der Waals surface area contributed by atoms with Crippen LogP contribution >= 0.6 is 23.2 Å². The normalized spacial score (nSPS) is 12.8. The lowest BCUT2D eigenvalue weighted by Crippen LogP contribution is -2.28. The molecule has 2 aromatic rings. The molecule has 0 saturated carbocycles. The molecule has 128 valence electrons. The van der Waals surface area contributed by atoms with E-state index in [0.717, 1.165) is 12.1 Å². The number of hydrogen-bond donors (Lipinski definition) is 1. The molecule has 1 N–H and O–H groups in total. The van der Waals surface area contributed by atoms with Crippen LogP contribution in [0.2, 0.25) is 10.0 Å². The van der Waals surface area contributed by atoms with E-state index < -0.39 is 23.8 Å². The zero-order valence-electron chi connectivity index (χ0n) is 12.7. The maximum absolute atomic E-state index is 12.6. The summed E-state index contributed by atoms with van der Waals surface area (Å²) in [6.45, 7) is 3.06. The minimum atomic E-state index is -4.55. The molecule has 0 bridgehead atoms. The molecular formula is C16H13Cl2F3N2O. The summed E-state index contributed by atoms with van der Waals surface area (Å²) in [5, 5.41) is 3.53. The Hall–Kier alpha value is -1.79. The summed E-state index contributed by atoms with van der Waals surface area (Å²) in [6.07, 6.45) is -4.55. The van der Waals surface area contributed by atoms with E-state index in [0.29, 0.717) is 15.6 Å². The summed E-state index contributed by atoms with van der Waals surface area (Å²) in [5.74, 6) is -0.535. The van der Waals surface area contributed by atoms with Crippen molar-refractivity contribution in [3.05, 3.63) is 62.9 Å². The standard InChI is InChI=1S/C16H13Cl2F3N2O/c1-8(11-4-3-10(17)7-13(11)18)23-15(24)12-5-6-14(16(19,20)21)22-9(12)2/h3-8H,1-2H3,(H,23,24). The predicted octanol–water partition coefficient (Wildman–Crippen LogP) is 5.21. The van der Waals surface area contributed by atoms with Gasteiger partial charge in [0.1, 0.15) is 5.69 Å². The highest BCUT2D eigenvalue weighted by Gasteiger charge is 2.33. The quantitative estimate of drug-likeness (QED) is 0.798. The number of nitrogens with one attached hydrogen (secondary N) is 1. The smallest absolute Gasteiger partial charge is 0.345 e. The van der Waals surface area contributed by atoms with E-state index in [2.05, 4.69) is 10.3 Å². The minimum absolute atomic E-state index is 0.00303. The third-order valence-corrected chi connectivity index (χ3v) is 3.96. The Balaban J connectivity index is 2.20. The number of carbonyl (C=O) groups excluding carboxylic acids is 1. The fourth-order valence-corrected chi connectivity index (χ4v) is 2.74. The van der Waals surface area contributed by atoms with Gasteiger partial charge in [-0.3, -0.25) is 4.79 Å². The molecule has 0 aliphatic heterocycles. The zero-order chi connectivity index (χ0) is 18.1. The van der Waals surface area contributed by atoms with Crippen molar-refractivity contribution in [3.63, 3.8) is 0 Å². The van der Waals surface area contributed by atoms with Gasteiger partial charge >= 0.3 is 6.18 Å². The molecular weight excluding hydrogens is 364 g/mol. The topological polar surface area (TPSA) is 42.0 Å². The molecule has 1 heterocycles. The van der Waals surface area contributed by atoms with E-state index >= 15 is 0 Å². The summed E-state index contributed by atoms with van der Waals surface area (Å²) >= 11 is 11.9. The van der Waals surface area contributed by atoms with E-state index in [-0.39, 0.29) is 11.3 Å². The van der Waals surface area contributed by atoms with Crippen molar-refractivity contribution in [2.45, 2.75) is 26.1 Å². The summed E-state index contributed by atoms with van der Waals surface area (Å²) in [4.78, 5) is 15.7. The first-order valence-electron chi connectivity index (χ1n) is 6.90. The van der Waals surface area contributed by atoms with Crippen molar-refractivity contribution < 1.29 is 18.0 Å². The number of carbonyl (C=O) groups is 1. The predicted molar refractivity (Wildman–Crippen MR) is 86.3 cm³/mol. The fourth-order valence-electron chi connectivity index (χ4n) is 2.16. The monoisotopic (exact) mass is 376 g/mol. The molecule has 0 saturated heterocycles. The number of pyridine rings is 1. The van der Waals surface area contributed by atoms with Crippen LogP contribution in [0.1, 0.15) is 40.3 Å². The molecule has 8 heteroatoms. The maximum atomic E-state index is 12.6. The molecule has 3 nitrogen and oxygen atoms in total. The van der Waals surface area contributed by atoms with Crippen LogP contribution in [0.3, 0.4) is 0 Å². The lowest BCUT2D eigenvalue weighted by Gasteiger charge is -2.17. The Morgan fingerprint density at radius 2 is 1.88 bits per heavy atom. The number of aromatic nitrogens is 1. The van der Waals surface area contributed by atoms with Crippen LogP contribution in [0.5, 0.6) is 0 Å². The first-order valence-corrected chi connectivity index (χ1v) is 7.66. The minimum Gasteiger partial charge on any atom is -0.345 e.